The molecule has 148 valence electrons. The minimum atomic E-state index is -3.35. The lowest BCUT2D eigenvalue weighted by molar-refractivity contribution is 0.0285. The van der Waals surface area contributed by atoms with Gasteiger partial charge < -0.3 is 14.8 Å². The van der Waals surface area contributed by atoms with Gasteiger partial charge in [-0.2, -0.15) is 0 Å². The monoisotopic (exact) mass is 457 g/mol. The Morgan fingerprint density at radius 2 is 1.79 bits per heavy atom. The van der Waals surface area contributed by atoms with Crippen LogP contribution in [0.5, 0.6) is 11.5 Å². The molecule has 10 heteroatoms. The molecule has 3 rings (SSSR count). The summed E-state index contributed by atoms with van der Waals surface area (Å²) in [5.74, 6) is -1.01. The van der Waals surface area contributed by atoms with Crippen molar-refractivity contribution in [3.05, 3.63) is 46.7 Å². The number of methoxy groups -OCH3 is 2. The molecule has 0 aliphatic carbocycles. The second-order valence-corrected chi connectivity index (χ2v) is 6.60. The van der Waals surface area contributed by atoms with Gasteiger partial charge in [-0.15, -0.1) is 0 Å². The van der Waals surface area contributed by atoms with Crippen LogP contribution in [0.3, 0.4) is 0 Å². The molecule has 0 saturated carbocycles. The number of nitrogens with one attached hydrogen (secondary N) is 1. The minimum Gasteiger partial charge on any atom is -0.496 e. The third kappa shape index (κ3) is 3.77. The second kappa shape index (κ2) is 8.09. The van der Waals surface area contributed by atoms with Crippen LogP contribution in [0.2, 0.25) is 0 Å². The van der Waals surface area contributed by atoms with Gasteiger partial charge in [-0.1, -0.05) is 15.9 Å². The van der Waals surface area contributed by atoms with E-state index in [9.17, 15) is 18.0 Å². The number of carbonyl (C=O) groups is 1. The van der Waals surface area contributed by atoms with Gasteiger partial charge in [0.25, 0.3) is 12.3 Å². The van der Waals surface area contributed by atoms with Crippen molar-refractivity contribution in [1.29, 1.82) is 0 Å². The number of imidazole rings is 1. The maximum absolute atomic E-state index is 13.3. The molecule has 0 fully saturated rings. The van der Waals surface area contributed by atoms with E-state index in [1.807, 2.05) is 18.2 Å². The quantitative estimate of drug-likeness (QED) is 0.566. The molecule has 2 aromatic carbocycles. The number of carbonyl (C=O) groups excluding carboxylic acids is 1. The predicted octanol–water partition coefficient (Wildman–Crippen LogP) is 4.10. The molecule has 3 aromatic rings. The number of hydrogen-bond acceptors (Lipinski definition) is 4. The Bertz CT molecular complexity index is 1000. The van der Waals surface area contributed by atoms with Crippen LogP contribution in [0.15, 0.2) is 41.1 Å². The third-order valence-electron chi connectivity index (χ3n) is 4.00. The molecule has 0 bridgehead atoms. The molecule has 1 atom stereocenters. The molecule has 28 heavy (non-hydrogen) atoms. The van der Waals surface area contributed by atoms with Crippen LogP contribution in [-0.2, 0) is 0 Å². The van der Waals surface area contributed by atoms with Crippen molar-refractivity contribution in [3.63, 3.8) is 0 Å². The molecule has 0 aliphatic heterocycles. The zero-order valence-corrected chi connectivity index (χ0v) is 16.3. The third-order valence-corrected chi connectivity index (χ3v) is 4.49. The summed E-state index contributed by atoms with van der Waals surface area (Å²) in [5.41, 5.74) is 1.88. The zero-order valence-electron chi connectivity index (χ0n) is 14.7. The Morgan fingerprint density at radius 3 is 2.36 bits per heavy atom. The molecule has 6 nitrogen and oxygen atoms in total. The van der Waals surface area contributed by atoms with E-state index in [-0.39, 0.29) is 17.1 Å². The zero-order chi connectivity index (χ0) is 20.4. The number of alkyl halides is 3. The van der Waals surface area contributed by atoms with Crippen LogP contribution in [0.25, 0.3) is 16.7 Å². The fraction of sp³-hybridized carbons (Fsp3) is 0.222. The highest BCUT2D eigenvalue weighted by Gasteiger charge is 2.27. The van der Waals surface area contributed by atoms with Crippen LogP contribution in [0, 0.1) is 0 Å². The Morgan fingerprint density at radius 1 is 1.14 bits per heavy atom. The molecule has 1 unspecified atom stereocenters. The van der Waals surface area contributed by atoms with E-state index in [0.29, 0.717) is 5.69 Å². The first-order valence-electron chi connectivity index (χ1n) is 7.97. The molecule has 0 radical (unpaired) electrons. The maximum Gasteiger partial charge on any atom is 0.287 e. The number of amides is 1. The van der Waals surface area contributed by atoms with Crippen LogP contribution < -0.4 is 14.8 Å². The number of benzene rings is 2. The van der Waals surface area contributed by atoms with E-state index in [4.69, 9.17) is 9.47 Å². The van der Waals surface area contributed by atoms with Gasteiger partial charge in [-0.05, 0) is 18.2 Å². The summed E-state index contributed by atoms with van der Waals surface area (Å²) < 4.78 is 51.2. The van der Waals surface area contributed by atoms with E-state index >= 15 is 0 Å². The lowest BCUT2D eigenvalue weighted by Gasteiger charge is -2.17. The van der Waals surface area contributed by atoms with Gasteiger partial charge in [0, 0.05) is 16.6 Å². The van der Waals surface area contributed by atoms with Crippen molar-refractivity contribution in [1.82, 2.24) is 14.9 Å². The highest BCUT2D eigenvalue weighted by atomic mass is 79.9. The van der Waals surface area contributed by atoms with Crippen molar-refractivity contribution in [3.8, 4) is 17.2 Å². The number of ether oxygens (including phenoxy) is 2. The molecular formula is C18H15BrF3N3O3. The fourth-order valence-corrected chi connectivity index (χ4v) is 3.06. The summed E-state index contributed by atoms with van der Waals surface area (Å²) in [5, 5.41) is 1.60. The summed E-state index contributed by atoms with van der Waals surface area (Å²) >= 11 is 3.38. The Kier molecular flexibility index (Phi) is 5.78. The van der Waals surface area contributed by atoms with Crippen molar-refractivity contribution in [2.24, 2.45) is 0 Å². The molecule has 0 saturated heterocycles. The van der Waals surface area contributed by atoms with Gasteiger partial charge >= 0.3 is 0 Å². The first-order chi connectivity index (χ1) is 13.3. The molecule has 0 aliphatic rings. The SMILES string of the molecule is COc1cc(-n2cnc3cc(Br)ccc32)cc(OC)c1C(=O)NC(F)C(F)F. The van der Waals surface area contributed by atoms with E-state index < -0.39 is 18.6 Å². The lowest BCUT2D eigenvalue weighted by atomic mass is 10.1. The number of rotatable bonds is 6. The maximum atomic E-state index is 13.3. The Labute approximate surface area is 166 Å². The summed E-state index contributed by atoms with van der Waals surface area (Å²) in [6.45, 7) is 0. The number of hydrogen-bond donors (Lipinski definition) is 1. The molecular weight excluding hydrogens is 443 g/mol. The Hall–Kier alpha value is -2.75. The van der Waals surface area contributed by atoms with Gasteiger partial charge in [0.1, 0.15) is 23.4 Å². The smallest absolute Gasteiger partial charge is 0.287 e. The normalized spacial score (nSPS) is 12.2. The highest BCUT2D eigenvalue weighted by Crippen LogP contribution is 2.33. The van der Waals surface area contributed by atoms with Gasteiger partial charge in [-0.25, -0.2) is 18.2 Å². The van der Waals surface area contributed by atoms with Crippen LogP contribution in [0.4, 0.5) is 13.2 Å². The number of nitrogens with zero attached hydrogens (tertiary/aromatic N) is 2. The summed E-state index contributed by atoms with van der Waals surface area (Å²) in [6.07, 6.45) is -4.58. The van der Waals surface area contributed by atoms with Crippen LogP contribution in [0.1, 0.15) is 10.4 Å². The standard InChI is InChI=1S/C18H15BrF3N3O3/c1-27-13-6-10(25-8-23-11-5-9(19)3-4-12(11)25)7-14(28-2)15(13)18(26)24-17(22)16(20)21/h3-8,16-17H,1-2H3,(H,24,26). The van der Waals surface area contributed by atoms with E-state index in [2.05, 4.69) is 20.9 Å². The molecule has 1 N–H and O–H groups in total. The summed E-state index contributed by atoms with van der Waals surface area (Å²) in [7, 11) is 2.61. The Balaban J connectivity index is 2.09. The van der Waals surface area contributed by atoms with E-state index in [1.165, 1.54) is 26.4 Å². The summed E-state index contributed by atoms with van der Waals surface area (Å²) in [4.78, 5) is 16.6. The molecule has 0 spiro atoms. The van der Waals surface area contributed by atoms with Gasteiger partial charge in [-0.3, -0.25) is 9.36 Å². The van der Waals surface area contributed by atoms with Gasteiger partial charge in [0.2, 0.25) is 6.30 Å². The largest absolute Gasteiger partial charge is 0.496 e. The van der Waals surface area contributed by atoms with Crippen molar-refractivity contribution in [2.75, 3.05) is 14.2 Å². The fourth-order valence-electron chi connectivity index (χ4n) is 2.71. The number of aromatic nitrogens is 2. The second-order valence-electron chi connectivity index (χ2n) is 5.68. The first-order valence-corrected chi connectivity index (χ1v) is 8.77. The average Bonchev–Trinajstić information content (AvgIpc) is 3.09. The molecule has 1 amide bonds. The molecule has 1 heterocycles. The highest BCUT2D eigenvalue weighted by molar-refractivity contribution is 9.10. The van der Waals surface area contributed by atoms with Gasteiger partial charge in [0.15, 0.2) is 0 Å². The number of halogens is 4. The first kappa shape index (κ1) is 20.0. The molecule has 1 aromatic heterocycles. The average molecular weight is 458 g/mol. The van der Waals surface area contributed by atoms with Crippen LogP contribution in [-0.4, -0.2) is 42.4 Å². The van der Waals surface area contributed by atoms with Crippen LogP contribution >= 0.6 is 15.9 Å². The summed E-state index contributed by atoms with van der Waals surface area (Å²) in [6, 6.07) is 8.56. The van der Waals surface area contributed by atoms with Crippen molar-refractivity contribution in [2.45, 2.75) is 12.7 Å². The van der Waals surface area contributed by atoms with Gasteiger partial charge in [0.05, 0.1) is 30.9 Å². The predicted molar refractivity (Wildman–Crippen MR) is 100 cm³/mol. The van der Waals surface area contributed by atoms with E-state index in [0.717, 1.165) is 15.5 Å². The van der Waals surface area contributed by atoms with E-state index in [1.54, 1.807) is 16.2 Å². The van der Waals surface area contributed by atoms with Crippen molar-refractivity contribution >= 4 is 32.9 Å². The van der Waals surface area contributed by atoms with Crippen molar-refractivity contribution < 1.29 is 27.4 Å². The topological polar surface area (TPSA) is 65.4 Å². The lowest BCUT2D eigenvalue weighted by Crippen LogP contribution is -2.36. The number of fused-ring (bicyclic) bond motifs is 1. The minimum absolute atomic E-state index is 0.0345.